The van der Waals surface area contributed by atoms with Gasteiger partial charge >= 0.3 is 5.97 Å². The predicted molar refractivity (Wildman–Crippen MR) is 86.1 cm³/mol. The molecule has 7 heteroatoms. The Morgan fingerprint density at radius 1 is 1.26 bits per heavy atom. The zero-order valence-electron chi connectivity index (χ0n) is 12.9. The smallest absolute Gasteiger partial charge is 0.337 e. The lowest BCUT2D eigenvalue weighted by Gasteiger charge is -2.30. The summed E-state index contributed by atoms with van der Waals surface area (Å²) in [5.41, 5.74) is 4.39. The van der Waals surface area contributed by atoms with Crippen molar-refractivity contribution in [3.05, 3.63) is 23.8 Å². The summed E-state index contributed by atoms with van der Waals surface area (Å²) in [6.07, 6.45) is 3.33. The number of hydrogen-bond donors (Lipinski definition) is 1. The van der Waals surface area contributed by atoms with Crippen molar-refractivity contribution in [3.8, 4) is 12.1 Å². The molecule has 0 aromatic heterocycles. The van der Waals surface area contributed by atoms with Gasteiger partial charge in [0.1, 0.15) is 12.1 Å². The van der Waals surface area contributed by atoms with Crippen molar-refractivity contribution in [1.29, 1.82) is 10.5 Å². The second-order valence-electron chi connectivity index (χ2n) is 5.07. The fourth-order valence-electron chi connectivity index (χ4n) is 2.46. The number of rotatable bonds is 4. The molecule has 1 saturated heterocycles. The molecule has 0 bridgehead atoms. The van der Waals surface area contributed by atoms with Crippen LogP contribution in [0.1, 0.15) is 29.6 Å². The third-order valence-electron chi connectivity index (χ3n) is 3.62. The minimum absolute atomic E-state index is 0.258. The van der Waals surface area contributed by atoms with E-state index < -0.39 is 5.97 Å². The number of carbonyl (C=O) groups excluding carboxylic acids is 1. The average molecular weight is 311 g/mol. The largest absolute Gasteiger partial charge is 0.465 e. The summed E-state index contributed by atoms with van der Waals surface area (Å²) in [5, 5.41) is 21.3. The third kappa shape index (κ3) is 3.98. The van der Waals surface area contributed by atoms with Crippen LogP contribution in [-0.4, -0.2) is 31.9 Å². The number of hydrogen-bond acceptors (Lipinski definition) is 7. The van der Waals surface area contributed by atoms with Crippen molar-refractivity contribution >= 4 is 23.1 Å². The molecule has 0 aliphatic carbocycles. The fraction of sp³-hybridized carbons (Fsp3) is 0.375. The first-order valence-corrected chi connectivity index (χ1v) is 7.31. The van der Waals surface area contributed by atoms with Gasteiger partial charge in [-0.25, -0.2) is 4.79 Å². The van der Waals surface area contributed by atoms with Crippen molar-refractivity contribution in [1.82, 2.24) is 0 Å². The Hall–Kier alpha value is -3.06. The Morgan fingerprint density at radius 2 is 1.96 bits per heavy atom. The van der Waals surface area contributed by atoms with Crippen LogP contribution in [0.5, 0.6) is 0 Å². The molecule has 118 valence electrons. The SMILES string of the molecule is COC(=O)c1ccc(NN=C(C#N)C#N)c(N2CCCCC2)c1. The number of ether oxygens (including phenoxy) is 1. The molecule has 0 radical (unpaired) electrons. The van der Waals surface area contributed by atoms with Gasteiger partial charge in [0, 0.05) is 13.1 Å². The van der Waals surface area contributed by atoms with Crippen molar-refractivity contribution in [2.75, 3.05) is 30.5 Å². The minimum atomic E-state index is -0.409. The summed E-state index contributed by atoms with van der Waals surface area (Å²) in [5.74, 6) is -0.409. The molecule has 0 unspecified atom stereocenters. The maximum Gasteiger partial charge on any atom is 0.337 e. The Kier molecular flexibility index (Phi) is 5.54. The van der Waals surface area contributed by atoms with E-state index in [2.05, 4.69) is 15.4 Å². The predicted octanol–water partition coefficient (Wildman–Crippen LogP) is 2.28. The van der Waals surface area contributed by atoms with E-state index in [0.717, 1.165) is 31.6 Å². The van der Waals surface area contributed by atoms with Crippen LogP contribution in [0.25, 0.3) is 0 Å². The molecular weight excluding hydrogens is 294 g/mol. The maximum atomic E-state index is 11.7. The average Bonchev–Trinajstić information content (AvgIpc) is 2.62. The number of esters is 1. The number of piperidine rings is 1. The number of carbonyl (C=O) groups is 1. The van der Waals surface area contributed by atoms with Gasteiger partial charge in [-0.3, -0.25) is 5.43 Å². The molecule has 23 heavy (non-hydrogen) atoms. The van der Waals surface area contributed by atoms with Crippen LogP contribution < -0.4 is 10.3 Å². The molecule has 7 nitrogen and oxygen atoms in total. The van der Waals surface area contributed by atoms with Gasteiger partial charge in [0.25, 0.3) is 0 Å². The highest BCUT2D eigenvalue weighted by atomic mass is 16.5. The van der Waals surface area contributed by atoms with Gasteiger partial charge in [-0.05, 0) is 37.5 Å². The number of anilines is 2. The first-order valence-electron chi connectivity index (χ1n) is 7.31. The summed E-state index contributed by atoms with van der Waals surface area (Å²) in [6, 6.07) is 8.46. The zero-order valence-corrected chi connectivity index (χ0v) is 12.9. The molecule has 1 heterocycles. The lowest BCUT2D eigenvalue weighted by atomic mass is 10.1. The quantitative estimate of drug-likeness (QED) is 0.520. The van der Waals surface area contributed by atoms with Crippen LogP contribution in [0, 0.1) is 22.7 Å². The summed E-state index contributed by atoms with van der Waals surface area (Å²) in [6.45, 7) is 1.76. The van der Waals surface area contributed by atoms with Crippen LogP contribution in [0.2, 0.25) is 0 Å². The van der Waals surface area contributed by atoms with Crippen molar-refractivity contribution in [2.24, 2.45) is 5.10 Å². The summed E-state index contributed by atoms with van der Waals surface area (Å²) in [4.78, 5) is 13.9. The zero-order chi connectivity index (χ0) is 16.7. The van der Waals surface area contributed by atoms with Gasteiger partial charge in [-0.15, -0.1) is 0 Å². The lowest BCUT2D eigenvalue weighted by Crippen LogP contribution is -2.30. The van der Waals surface area contributed by atoms with E-state index in [-0.39, 0.29) is 5.71 Å². The number of hydrazone groups is 1. The van der Waals surface area contributed by atoms with E-state index in [9.17, 15) is 4.79 Å². The Labute approximate surface area is 134 Å². The van der Waals surface area contributed by atoms with Gasteiger partial charge in [-0.1, -0.05) is 0 Å². The molecule has 0 amide bonds. The molecule has 1 aliphatic rings. The van der Waals surface area contributed by atoms with Crippen molar-refractivity contribution < 1.29 is 9.53 Å². The number of methoxy groups -OCH3 is 1. The second-order valence-corrected chi connectivity index (χ2v) is 5.07. The standard InChI is InChI=1S/C16H17N5O2/c1-23-16(22)12-5-6-14(20-19-13(10-17)11-18)15(9-12)21-7-3-2-4-8-21/h5-6,9,20H,2-4,7-8H2,1H3. The maximum absolute atomic E-state index is 11.7. The molecule has 0 saturated carbocycles. The highest BCUT2D eigenvalue weighted by molar-refractivity contribution is 6.10. The lowest BCUT2D eigenvalue weighted by molar-refractivity contribution is 0.0601. The summed E-state index contributed by atoms with van der Waals surface area (Å²) >= 11 is 0. The minimum Gasteiger partial charge on any atom is -0.465 e. The van der Waals surface area contributed by atoms with Gasteiger partial charge in [0.05, 0.1) is 24.0 Å². The number of benzene rings is 1. The molecule has 1 aliphatic heterocycles. The van der Waals surface area contributed by atoms with Crippen LogP contribution in [0.4, 0.5) is 11.4 Å². The number of nitrogens with zero attached hydrogens (tertiary/aromatic N) is 4. The molecule has 1 N–H and O–H groups in total. The molecule has 1 aromatic rings. The molecule has 0 atom stereocenters. The fourth-order valence-corrected chi connectivity index (χ4v) is 2.46. The van der Waals surface area contributed by atoms with E-state index in [1.165, 1.54) is 13.5 Å². The number of nitriles is 2. The van der Waals surface area contributed by atoms with Crippen LogP contribution >= 0.6 is 0 Å². The molecule has 0 spiro atoms. The molecule has 2 rings (SSSR count). The van der Waals surface area contributed by atoms with Crippen LogP contribution in [0.15, 0.2) is 23.3 Å². The highest BCUT2D eigenvalue weighted by Crippen LogP contribution is 2.30. The van der Waals surface area contributed by atoms with Gasteiger partial charge in [-0.2, -0.15) is 15.6 Å². The highest BCUT2D eigenvalue weighted by Gasteiger charge is 2.17. The van der Waals surface area contributed by atoms with E-state index in [0.29, 0.717) is 11.3 Å². The Morgan fingerprint density at radius 3 is 2.57 bits per heavy atom. The normalized spacial score (nSPS) is 13.4. The summed E-state index contributed by atoms with van der Waals surface area (Å²) in [7, 11) is 1.34. The second kappa shape index (κ2) is 7.81. The molecule has 1 fully saturated rings. The topological polar surface area (TPSA) is 102 Å². The monoisotopic (exact) mass is 311 g/mol. The van der Waals surface area contributed by atoms with Crippen molar-refractivity contribution in [2.45, 2.75) is 19.3 Å². The van der Waals surface area contributed by atoms with E-state index in [4.69, 9.17) is 15.3 Å². The van der Waals surface area contributed by atoms with Crippen LogP contribution in [-0.2, 0) is 4.74 Å². The van der Waals surface area contributed by atoms with Gasteiger partial charge in [0.2, 0.25) is 5.71 Å². The first kappa shape index (κ1) is 16.3. The third-order valence-corrected chi connectivity index (χ3v) is 3.62. The van der Waals surface area contributed by atoms with E-state index >= 15 is 0 Å². The van der Waals surface area contributed by atoms with E-state index in [1.807, 2.05) is 0 Å². The summed E-state index contributed by atoms with van der Waals surface area (Å²) < 4.78 is 4.76. The van der Waals surface area contributed by atoms with Crippen molar-refractivity contribution in [3.63, 3.8) is 0 Å². The first-order chi connectivity index (χ1) is 11.2. The Balaban J connectivity index is 2.36. The van der Waals surface area contributed by atoms with Gasteiger partial charge in [0.15, 0.2) is 0 Å². The van der Waals surface area contributed by atoms with Gasteiger partial charge < -0.3 is 9.64 Å². The number of nitrogens with one attached hydrogen (secondary N) is 1. The molecular formula is C16H17N5O2. The van der Waals surface area contributed by atoms with Crippen LogP contribution in [0.3, 0.4) is 0 Å². The Bertz CT molecular complexity index is 677. The molecule has 1 aromatic carbocycles. The van der Waals surface area contributed by atoms with E-state index in [1.54, 1.807) is 30.3 Å².